The zero-order valence-corrected chi connectivity index (χ0v) is 17.9. The number of ketones is 1. The molecule has 5 fully saturated rings. The summed E-state index contributed by atoms with van der Waals surface area (Å²) in [7, 11) is 1.45. The van der Waals surface area contributed by atoms with Gasteiger partial charge in [-0.3, -0.25) is 14.4 Å². The van der Waals surface area contributed by atoms with Gasteiger partial charge in [0.15, 0.2) is 0 Å². The van der Waals surface area contributed by atoms with E-state index in [4.69, 9.17) is 14.2 Å². The maximum atomic E-state index is 13.0. The van der Waals surface area contributed by atoms with Gasteiger partial charge in [0.1, 0.15) is 11.4 Å². The fourth-order valence-electron chi connectivity index (χ4n) is 8.53. The lowest BCUT2D eigenvalue weighted by atomic mass is 9.45. The molecule has 0 aromatic carbocycles. The maximum Gasteiger partial charge on any atom is 0.312 e. The van der Waals surface area contributed by atoms with E-state index in [1.807, 2.05) is 0 Å². The van der Waals surface area contributed by atoms with Gasteiger partial charge in [-0.15, -0.1) is 0 Å². The molecule has 6 nitrogen and oxygen atoms in total. The molecule has 4 aliphatic carbocycles. The van der Waals surface area contributed by atoms with Crippen molar-refractivity contribution >= 4 is 17.7 Å². The molecule has 162 valence electrons. The van der Waals surface area contributed by atoms with Gasteiger partial charge < -0.3 is 14.2 Å². The topological polar surface area (TPSA) is 82.2 Å². The molecule has 0 N–H and O–H groups in total. The van der Waals surface area contributed by atoms with Crippen molar-refractivity contribution < 1.29 is 28.6 Å². The lowest BCUT2D eigenvalue weighted by Crippen LogP contribution is -2.61. The minimum absolute atomic E-state index is 0.0552. The summed E-state index contributed by atoms with van der Waals surface area (Å²) < 4.78 is 17.7. The van der Waals surface area contributed by atoms with Gasteiger partial charge in [0, 0.05) is 30.6 Å². The van der Waals surface area contributed by atoms with E-state index in [2.05, 4.69) is 19.9 Å². The summed E-state index contributed by atoms with van der Waals surface area (Å²) in [5, 5.41) is 0. The molecule has 4 unspecified atom stereocenters. The van der Waals surface area contributed by atoms with E-state index in [9.17, 15) is 14.4 Å². The number of fused-ring (bicyclic) bond motifs is 9. The molecule has 3 saturated carbocycles. The molecule has 0 amide bonds. The summed E-state index contributed by atoms with van der Waals surface area (Å²) in [5.41, 5.74) is 0.246. The molecule has 2 heterocycles. The first-order valence-electron chi connectivity index (χ1n) is 11.4. The van der Waals surface area contributed by atoms with Crippen LogP contribution in [-0.2, 0) is 28.6 Å². The molecule has 0 radical (unpaired) electrons. The van der Waals surface area contributed by atoms with Crippen LogP contribution in [0.2, 0.25) is 0 Å². The quantitative estimate of drug-likeness (QED) is 0.373. The van der Waals surface area contributed by atoms with Crippen molar-refractivity contribution in [2.75, 3.05) is 7.11 Å². The van der Waals surface area contributed by atoms with Crippen LogP contribution >= 0.6 is 0 Å². The molecular formula is C24H30O6. The summed E-state index contributed by atoms with van der Waals surface area (Å²) >= 11 is 0. The molecule has 0 aromatic heterocycles. The van der Waals surface area contributed by atoms with Crippen LogP contribution in [0.5, 0.6) is 0 Å². The van der Waals surface area contributed by atoms with Crippen LogP contribution in [0.25, 0.3) is 0 Å². The number of allylic oxidation sites excluding steroid dienone is 1. The van der Waals surface area contributed by atoms with Crippen LogP contribution < -0.4 is 0 Å². The first kappa shape index (κ1) is 19.0. The number of hydrogen-bond acceptors (Lipinski definition) is 6. The molecule has 6 aliphatic rings. The molecule has 0 aromatic rings. The second kappa shape index (κ2) is 5.76. The highest BCUT2D eigenvalue weighted by atomic mass is 16.6. The number of hydrogen-bond donors (Lipinski definition) is 0. The smallest absolute Gasteiger partial charge is 0.312 e. The predicted octanol–water partition coefficient (Wildman–Crippen LogP) is 2.98. The summed E-state index contributed by atoms with van der Waals surface area (Å²) in [6, 6.07) is 0. The molecular weight excluding hydrogens is 384 g/mol. The highest BCUT2D eigenvalue weighted by Crippen LogP contribution is 2.74. The van der Waals surface area contributed by atoms with Gasteiger partial charge in [-0.25, -0.2) is 0 Å². The first-order chi connectivity index (χ1) is 14.2. The Morgan fingerprint density at radius 3 is 2.67 bits per heavy atom. The normalized spacial score (nSPS) is 53.2. The van der Waals surface area contributed by atoms with Gasteiger partial charge in [0.05, 0.1) is 25.2 Å². The van der Waals surface area contributed by atoms with E-state index >= 15 is 0 Å². The number of Topliss-reactive ketones (excluding diaryl/α,β-unsaturated/α-hetero) is 1. The fraction of sp³-hybridized carbons (Fsp3) is 0.792. The molecule has 30 heavy (non-hydrogen) atoms. The lowest BCUT2D eigenvalue weighted by molar-refractivity contribution is -0.170. The zero-order valence-electron chi connectivity index (χ0n) is 17.9. The van der Waals surface area contributed by atoms with Gasteiger partial charge in [-0.1, -0.05) is 25.5 Å². The van der Waals surface area contributed by atoms with Crippen LogP contribution in [-0.4, -0.2) is 42.6 Å². The van der Waals surface area contributed by atoms with Gasteiger partial charge in [-0.05, 0) is 42.9 Å². The summed E-state index contributed by atoms with van der Waals surface area (Å²) in [6.45, 7) is 4.52. The first-order valence-corrected chi connectivity index (χ1v) is 11.4. The van der Waals surface area contributed by atoms with Crippen molar-refractivity contribution in [3.05, 3.63) is 11.6 Å². The Balaban J connectivity index is 1.49. The highest BCUT2D eigenvalue weighted by molar-refractivity contribution is 5.84. The Bertz CT molecular complexity index is 892. The van der Waals surface area contributed by atoms with E-state index < -0.39 is 5.60 Å². The van der Waals surface area contributed by atoms with Crippen LogP contribution in [0.3, 0.4) is 0 Å². The van der Waals surface area contributed by atoms with Crippen molar-refractivity contribution in [1.29, 1.82) is 0 Å². The average Bonchev–Trinajstić information content (AvgIpc) is 3.35. The van der Waals surface area contributed by atoms with Crippen molar-refractivity contribution in [2.24, 2.45) is 34.5 Å². The molecule has 2 aliphatic heterocycles. The monoisotopic (exact) mass is 414 g/mol. The molecule has 6 heteroatoms. The maximum absolute atomic E-state index is 13.0. The van der Waals surface area contributed by atoms with E-state index in [1.165, 1.54) is 7.11 Å². The number of methoxy groups -OCH3 is 1. The number of ether oxygens (including phenoxy) is 3. The third-order valence-electron chi connectivity index (χ3n) is 10.1. The zero-order chi connectivity index (χ0) is 21.1. The van der Waals surface area contributed by atoms with Crippen LogP contribution in [0, 0.1) is 34.5 Å². The Hall–Kier alpha value is -1.69. The van der Waals surface area contributed by atoms with Crippen molar-refractivity contribution in [3.8, 4) is 0 Å². The van der Waals surface area contributed by atoms with E-state index in [-0.39, 0.29) is 64.4 Å². The van der Waals surface area contributed by atoms with Crippen LogP contribution in [0.15, 0.2) is 11.6 Å². The summed E-state index contributed by atoms with van der Waals surface area (Å²) in [5.74, 6) is 0.0844. The lowest BCUT2D eigenvalue weighted by Gasteiger charge is -2.57. The van der Waals surface area contributed by atoms with Gasteiger partial charge in [0.2, 0.25) is 0 Å². The minimum Gasteiger partial charge on any atom is -0.469 e. The third kappa shape index (κ3) is 2.07. The van der Waals surface area contributed by atoms with Gasteiger partial charge in [-0.2, -0.15) is 0 Å². The number of epoxide rings is 1. The molecule has 2 saturated heterocycles. The van der Waals surface area contributed by atoms with Crippen molar-refractivity contribution in [3.63, 3.8) is 0 Å². The second-order valence-corrected chi connectivity index (χ2v) is 10.9. The van der Waals surface area contributed by atoms with Gasteiger partial charge >= 0.3 is 11.9 Å². The molecule has 9 atom stereocenters. The van der Waals surface area contributed by atoms with Crippen LogP contribution in [0.1, 0.15) is 58.8 Å². The largest absolute Gasteiger partial charge is 0.469 e. The Morgan fingerprint density at radius 2 is 1.97 bits per heavy atom. The van der Waals surface area contributed by atoms with Gasteiger partial charge in [0.25, 0.3) is 0 Å². The second-order valence-electron chi connectivity index (χ2n) is 10.9. The van der Waals surface area contributed by atoms with Crippen molar-refractivity contribution in [1.82, 2.24) is 0 Å². The predicted molar refractivity (Wildman–Crippen MR) is 105 cm³/mol. The average molecular weight is 414 g/mol. The molecule has 0 bridgehead atoms. The van der Waals surface area contributed by atoms with Crippen molar-refractivity contribution in [2.45, 2.75) is 76.6 Å². The van der Waals surface area contributed by atoms with E-state index in [1.54, 1.807) is 0 Å². The highest BCUT2D eigenvalue weighted by Gasteiger charge is 2.79. The Morgan fingerprint density at radius 1 is 1.17 bits per heavy atom. The number of carbonyl (C=O) groups is 3. The standard InChI is InChI=1S/C24H30O6/c1-22-7-4-13(25)10-12(22)11-14(21(27)28-3)17-15-5-8-24(9-6-16(26)30-24)23(15,2)20-19(29-20)18(17)22/h11,14-15,17-20H,4-10H2,1-3H3/t14-,15?,17?,18?,19+,20+,22-,23+,24?/m0/s1. The summed E-state index contributed by atoms with van der Waals surface area (Å²) in [6.07, 6.45) is 7.04. The fourth-order valence-corrected chi connectivity index (χ4v) is 8.53. The van der Waals surface area contributed by atoms with E-state index in [0.29, 0.717) is 19.3 Å². The SMILES string of the molecule is COC(=O)[C@H]1C=C2CC(=O)CC[C@]2(C)C2C1C1CCC3(CCC(=O)O3)[C@@]1(C)[C@@H]1O[C@H]21. The number of esters is 2. The Labute approximate surface area is 176 Å². The molecule has 1 spiro atoms. The minimum atomic E-state index is -0.465. The molecule has 6 rings (SSSR count). The van der Waals surface area contributed by atoms with Crippen LogP contribution in [0.4, 0.5) is 0 Å². The number of carbonyl (C=O) groups excluding carboxylic acids is 3. The van der Waals surface area contributed by atoms with E-state index in [0.717, 1.165) is 31.3 Å². The third-order valence-corrected chi connectivity index (χ3v) is 10.1. The summed E-state index contributed by atoms with van der Waals surface area (Å²) in [4.78, 5) is 37.4. The number of rotatable bonds is 1. The Kier molecular flexibility index (Phi) is 3.65.